The second kappa shape index (κ2) is 7.38. The van der Waals surface area contributed by atoms with E-state index in [0.717, 1.165) is 29.2 Å². The Bertz CT molecular complexity index is 989. The van der Waals surface area contributed by atoms with Gasteiger partial charge < -0.3 is 14.6 Å². The summed E-state index contributed by atoms with van der Waals surface area (Å²) >= 11 is 0. The molecule has 0 saturated carbocycles. The number of amides is 1. The van der Waals surface area contributed by atoms with Crippen molar-refractivity contribution in [3.63, 3.8) is 0 Å². The first-order valence-corrected chi connectivity index (χ1v) is 8.36. The second-order valence-electron chi connectivity index (χ2n) is 6.23. The molecule has 0 aliphatic rings. The molecule has 146 valence electrons. The van der Waals surface area contributed by atoms with Gasteiger partial charge in [0.25, 0.3) is 5.91 Å². The van der Waals surface area contributed by atoms with Crippen LogP contribution < -0.4 is 10.1 Å². The number of rotatable bonds is 4. The van der Waals surface area contributed by atoms with Crippen LogP contribution in [0.3, 0.4) is 0 Å². The van der Waals surface area contributed by atoms with E-state index in [1.165, 1.54) is 13.2 Å². The van der Waals surface area contributed by atoms with Crippen LogP contribution in [-0.4, -0.2) is 22.6 Å². The molecule has 0 radical (unpaired) electrons. The number of halogens is 3. The van der Waals surface area contributed by atoms with Gasteiger partial charge in [-0.3, -0.25) is 4.79 Å². The van der Waals surface area contributed by atoms with Crippen molar-refractivity contribution in [1.82, 2.24) is 9.55 Å². The number of benzene rings is 2. The third-order valence-electron chi connectivity index (χ3n) is 4.32. The van der Waals surface area contributed by atoms with Crippen molar-refractivity contribution in [3.8, 4) is 17.0 Å². The van der Waals surface area contributed by atoms with Gasteiger partial charge in [-0.15, -0.1) is 0 Å². The van der Waals surface area contributed by atoms with Crippen LogP contribution in [0.15, 0.2) is 48.7 Å². The van der Waals surface area contributed by atoms with Crippen LogP contribution in [0, 0.1) is 6.92 Å². The van der Waals surface area contributed by atoms with Crippen LogP contribution in [0.4, 0.5) is 18.9 Å². The highest BCUT2D eigenvalue weighted by atomic mass is 19.4. The van der Waals surface area contributed by atoms with Gasteiger partial charge in [0.2, 0.25) is 0 Å². The summed E-state index contributed by atoms with van der Waals surface area (Å²) in [6, 6.07) is 9.95. The van der Waals surface area contributed by atoms with Crippen molar-refractivity contribution in [2.24, 2.45) is 7.05 Å². The van der Waals surface area contributed by atoms with Crippen molar-refractivity contribution in [2.45, 2.75) is 13.1 Å². The summed E-state index contributed by atoms with van der Waals surface area (Å²) in [5.74, 6) is 0.0295. The maximum Gasteiger partial charge on any atom is 0.417 e. The van der Waals surface area contributed by atoms with E-state index in [-0.39, 0.29) is 5.75 Å². The number of aryl methyl sites for hydroxylation is 2. The highest BCUT2D eigenvalue weighted by molar-refractivity contribution is 6.05. The molecule has 0 atom stereocenters. The fourth-order valence-electron chi connectivity index (χ4n) is 2.70. The number of anilines is 1. The van der Waals surface area contributed by atoms with E-state index in [2.05, 4.69) is 10.3 Å². The van der Waals surface area contributed by atoms with Gasteiger partial charge in [0.15, 0.2) is 0 Å². The number of aromatic nitrogens is 2. The number of alkyl halides is 3. The quantitative estimate of drug-likeness (QED) is 0.705. The first-order valence-electron chi connectivity index (χ1n) is 8.36. The maximum atomic E-state index is 13.3. The molecule has 5 nitrogen and oxygen atoms in total. The zero-order valence-electron chi connectivity index (χ0n) is 15.5. The summed E-state index contributed by atoms with van der Waals surface area (Å²) in [4.78, 5) is 16.8. The lowest BCUT2D eigenvalue weighted by Gasteiger charge is -2.14. The van der Waals surface area contributed by atoms with Crippen molar-refractivity contribution in [1.29, 1.82) is 0 Å². The minimum Gasteiger partial charge on any atom is -0.497 e. The summed E-state index contributed by atoms with van der Waals surface area (Å²) < 4.78 is 46.6. The molecule has 1 heterocycles. The largest absolute Gasteiger partial charge is 0.497 e. The van der Waals surface area contributed by atoms with E-state index in [9.17, 15) is 18.0 Å². The van der Waals surface area contributed by atoms with Crippen molar-refractivity contribution in [3.05, 3.63) is 65.6 Å². The number of hydrogen-bond acceptors (Lipinski definition) is 3. The molecule has 0 aliphatic heterocycles. The molecule has 1 aromatic heterocycles. The smallest absolute Gasteiger partial charge is 0.417 e. The number of carbonyl (C=O) groups is 1. The zero-order valence-corrected chi connectivity index (χ0v) is 15.5. The Labute approximate surface area is 159 Å². The van der Waals surface area contributed by atoms with Crippen molar-refractivity contribution >= 4 is 11.6 Å². The highest BCUT2D eigenvalue weighted by Crippen LogP contribution is 2.34. The van der Waals surface area contributed by atoms with Crippen LogP contribution in [0.5, 0.6) is 5.75 Å². The van der Waals surface area contributed by atoms with Gasteiger partial charge in [-0.1, -0.05) is 12.1 Å². The standard InChI is InChI=1S/C20H18F3N3O2/c1-12-24-18(11-26(12)2)13-4-6-14(7-5-13)25-19(27)16-9-8-15(28-3)10-17(16)20(21,22)23/h4-11H,1-3H3,(H,25,27). The monoisotopic (exact) mass is 389 g/mol. The molecule has 3 aromatic rings. The number of ether oxygens (including phenoxy) is 1. The average molecular weight is 389 g/mol. The summed E-state index contributed by atoms with van der Waals surface area (Å²) in [5, 5.41) is 2.50. The minimum atomic E-state index is -4.68. The molecule has 0 aliphatic carbocycles. The van der Waals surface area contributed by atoms with E-state index in [1.54, 1.807) is 24.3 Å². The third kappa shape index (κ3) is 4.00. The lowest BCUT2D eigenvalue weighted by molar-refractivity contribution is -0.138. The molecule has 1 amide bonds. The summed E-state index contributed by atoms with van der Waals surface area (Å²) in [5.41, 5.74) is 0.461. The van der Waals surface area contributed by atoms with Gasteiger partial charge in [0, 0.05) is 24.5 Å². The Morgan fingerprint density at radius 3 is 2.36 bits per heavy atom. The van der Waals surface area contributed by atoms with Gasteiger partial charge in [0.1, 0.15) is 11.6 Å². The topological polar surface area (TPSA) is 56.1 Å². The predicted octanol–water partition coefficient (Wildman–Crippen LogP) is 4.68. The average Bonchev–Trinajstić information content (AvgIpc) is 2.99. The van der Waals surface area contributed by atoms with Gasteiger partial charge in [-0.25, -0.2) is 4.98 Å². The fraction of sp³-hybridized carbons (Fsp3) is 0.200. The lowest BCUT2D eigenvalue weighted by Crippen LogP contribution is -2.18. The molecule has 0 saturated heterocycles. The Kier molecular flexibility index (Phi) is 5.13. The Hall–Kier alpha value is -3.29. The molecule has 8 heteroatoms. The van der Waals surface area contributed by atoms with Crippen LogP contribution in [0.1, 0.15) is 21.7 Å². The molecule has 28 heavy (non-hydrogen) atoms. The van der Waals surface area contributed by atoms with Crippen molar-refractivity contribution < 1.29 is 22.7 Å². The Balaban J connectivity index is 1.83. The van der Waals surface area contributed by atoms with Crippen LogP contribution in [0.2, 0.25) is 0 Å². The SMILES string of the molecule is COc1ccc(C(=O)Nc2ccc(-c3cn(C)c(C)n3)cc2)c(C(F)(F)F)c1. The molecule has 3 rings (SSSR count). The first-order chi connectivity index (χ1) is 13.2. The number of carbonyl (C=O) groups excluding carboxylic acids is 1. The van der Waals surface area contributed by atoms with Crippen molar-refractivity contribution in [2.75, 3.05) is 12.4 Å². The summed E-state index contributed by atoms with van der Waals surface area (Å²) in [7, 11) is 3.15. The summed E-state index contributed by atoms with van der Waals surface area (Å²) in [6.45, 7) is 1.88. The number of methoxy groups -OCH3 is 1. The van der Waals surface area contributed by atoms with Crippen LogP contribution >= 0.6 is 0 Å². The number of nitrogens with one attached hydrogen (secondary N) is 1. The molecule has 0 bridgehead atoms. The van der Waals surface area contributed by atoms with E-state index in [1.807, 2.05) is 24.7 Å². The molecule has 0 unspecified atom stereocenters. The van der Waals surface area contributed by atoms with E-state index in [0.29, 0.717) is 5.69 Å². The molecular formula is C20H18F3N3O2. The van der Waals surface area contributed by atoms with E-state index >= 15 is 0 Å². The third-order valence-corrected chi connectivity index (χ3v) is 4.32. The predicted molar refractivity (Wildman–Crippen MR) is 99.3 cm³/mol. The number of imidazole rings is 1. The highest BCUT2D eigenvalue weighted by Gasteiger charge is 2.35. The van der Waals surface area contributed by atoms with Gasteiger partial charge in [-0.2, -0.15) is 13.2 Å². The van der Waals surface area contributed by atoms with Crippen LogP contribution in [-0.2, 0) is 13.2 Å². The number of nitrogens with zero attached hydrogens (tertiary/aromatic N) is 2. The maximum absolute atomic E-state index is 13.3. The van der Waals surface area contributed by atoms with Gasteiger partial charge >= 0.3 is 6.18 Å². The molecular weight excluding hydrogens is 371 g/mol. The lowest BCUT2D eigenvalue weighted by atomic mass is 10.1. The zero-order chi connectivity index (χ0) is 20.5. The van der Waals surface area contributed by atoms with Crippen LogP contribution in [0.25, 0.3) is 11.3 Å². The minimum absolute atomic E-state index is 0.0267. The number of hydrogen-bond donors (Lipinski definition) is 1. The van der Waals surface area contributed by atoms with Gasteiger partial charge in [-0.05, 0) is 37.3 Å². The van der Waals surface area contributed by atoms with E-state index in [4.69, 9.17) is 4.74 Å². The fourth-order valence-corrected chi connectivity index (χ4v) is 2.70. The first kappa shape index (κ1) is 19.5. The summed E-state index contributed by atoms with van der Waals surface area (Å²) in [6.07, 6.45) is -2.81. The Morgan fingerprint density at radius 1 is 1.14 bits per heavy atom. The van der Waals surface area contributed by atoms with Gasteiger partial charge in [0.05, 0.1) is 23.9 Å². The molecule has 0 spiro atoms. The normalized spacial score (nSPS) is 11.4. The molecule has 0 fully saturated rings. The molecule has 1 N–H and O–H groups in total. The van der Waals surface area contributed by atoms with E-state index < -0.39 is 23.2 Å². The second-order valence-corrected chi connectivity index (χ2v) is 6.23. The Morgan fingerprint density at radius 2 is 1.82 bits per heavy atom. The molecule has 2 aromatic carbocycles.